The van der Waals surface area contributed by atoms with Gasteiger partial charge in [0.2, 0.25) is 11.9 Å². The normalized spacial score (nSPS) is 10.3. The van der Waals surface area contributed by atoms with Crippen LogP contribution in [0.1, 0.15) is 27.6 Å². The number of ketones is 1. The number of anilines is 1. The van der Waals surface area contributed by atoms with Gasteiger partial charge in [-0.1, -0.05) is 0 Å². The highest BCUT2D eigenvalue weighted by molar-refractivity contribution is 5.97. The molecule has 142 valence electrons. The molecule has 0 spiro atoms. The van der Waals surface area contributed by atoms with Crippen LogP contribution in [0.5, 0.6) is 5.95 Å². The van der Waals surface area contributed by atoms with E-state index >= 15 is 0 Å². The molecule has 28 heavy (non-hydrogen) atoms. The van der Waals surface area contributed by atoms with Gasteiger partial charge in [-0.15, -0.1) is 0 Å². The van der Waals surface area contributed by atoms with Crippen LogP contribution in [-0.4, -0.2) is 29.5 Å². The smallest absolute Gasteiger partial charge is 0.338 e. The second kappa shape index (κ2) is 8.12. The third-order valence-electron chi connectivity index (χ3n) is 3.72. The minimum Gasteiger partial charge on any atom is -0.539 e. The van der Waals surface area contributed by atoms with Gasteiger partial charge < -0.3 is 19.7 Å². The Balaban J connectivity index is 1.53. The highest BCUT2D eigenvalue weighted by atomic mass is 16.6. The Bertz CT molecular complexity index is 1010. The number of carbonyl (C=O) groups excluding carboxylic acids is 3. The standard InChI is InChI=1S/C19H15N3O6/c1-12(23)13-2-6-15(7-3-13)20-17(24)11-27-19(26)14-4-8-16(9-5-14)22-10-18(25)28-21-22/h2-10H,11H2,1H3,(H-,20,21,23,24,25). The van der Waals surface area contributed by atoms with Gasteiger partial charge in [0.25, 0.3) is 5.91 Å². The summed E-state index contributed by atoms with van der Waals surface area (Å²) >= 11 is 0. The SMILES string of the molecule is CC(=O)c1ccc(NC(=O)COC(=O)c2ccc(-[n+]3cc([O-])on3)cc2)cc1. The largest absolute Gasteiger partial charge is 0.539 e. The number of ether oxygens (including phenoxy) is 1. The zero-order chi connectivity index (χ0) is 20.1. The maximum Gasteiger partial charge on any atom is 0.338 e. The lowest BCUT2D eigenvalue weighted by Crippen LogP contribution is -2.31. The summed E-state index contributed by atoms with van der Waals surface area (Å²) in [7, 11) is 0. The number of amides is 1. The lowest BCUT2D eigenvalue weighted by atomic mass is 10.1. The Morgan fingerprint density at radius 1 is 1.07 bits per heavy atom. The maximum absolute atomic E-state index is 12.0. The van der Waals surface area contributed by atoms with Crippen LogP contribution in [-0.2, 0) is 9.53 Å². The molecule has 9 heteroatoms. The van der Waals surface area contributed by atoms with Crippen molar-refractivity contribution in [3.05, 3.63) is 65.9 Å². The van der Waals surface area contributed by atoms with Gasteiger partial charge >= 0.3 is 5.97 Å². The van der Waals surface area contributed by atoms with Crippen LogP contribution < -0.4 is 15.1 Å². The van der Waals surface area contributed by atoms with Crippen LogP contribution in [0.25, 0.3) is 5.69 Å². The summed E-state index contributed by atoms with van der Waals surface area (Å²) in [4.78, 5) is 35.2. The molecule has 1 amide bonds. The zero-order valence-electron chi connectivity index (χ0n) is 14.7. The molecule has 1 heterocycles. The molecule has 0 aliphatic carbocycles. The number of nitrogens with one attached hydrogen (secondary N) is 1. The van der Waals surface area contributed by atoms with Gasteiger partial charge in [0.15, 0.2) is 12.4 Å². The average Bonchev–Trinajstić information content (AvgIpc) is 3.13. The molecule has 0 saturated heterocycles. The number of hydrogen-bond acceptors (Lipinski definition) is 7. The minimum atomic E-state index is -0.678. The fraction of sp³-hybridized carbons (Fsp3) is 0.105. The van der Waals surface area contributed by atoms with E-state index < -0.39 is 24.4 Å². The Hall–Kier alpha value is -4.01. The summed E-state index contributed by atoms with van der Waals surface area (Å²) in [5, 5.41) is 17.1. The summed E-state index contributed by atoms with van der Waals surface area (Å²) in [5.41, 5.74) is 1.77. The molecule has 0 bridgehead atoms. The summed E-state index contributed by atoms with van der Waals surface area (Å²) in [6.45, 7) is 0.984. The first-order valence-corrected chi connectivity index (χ1v) is 8.16. The topological polar surface area (TPSA) is 125 Å². The molecule has 3 rings (SSSR count). The molecular formula is C19H15N3O6. The highest BCUT2D eigenvalue weighted by Gasteiger charge is 2.14. The van der Waals surface area contributed by atoms with Crippen LogP contribution in [0.4, 0.5) is 5.69 Å². The van der Waals surface area contributed by atoms with Crippen molar-refractivity contribution < 1.29 is 33.4 Å². The van der Waals surface area contributed by atoms with E-state index in [0.717, 1.165) is 6.20 Å². The van der Waals surface area contributed by atoms with Crippen molar-refractivity contribution in [3.63, 3.8) is 0 Å². The van der Waals surface area contributed by atoms with E-state index in [0.29, 0.717) is 16.9 Å². The van der Waals surface area contributed by atoms with Crippen molar-refractivity contribution >= 4 is 23.3 Å². The van der Waals surface area contributed by atoms with Crippen molar-refractivity contribution in [2.45, 2.75) is 6.92 Å². The van der Waals surface area contributed by atoms with Gasteiger partial charge in [-0.25, -0.2) is 4.79 Å². The van der Waals surface area contributed by atoms with Crippen LogP contribution in [0.15, 0.2) is 59.3 Å². The Kier molecular flexibility index (Phi) is 5.45. The van der Waals surface area contributed by atoms with E-state index in [1.807, 2.05) is 0 Å². The van der Waals surface area contributed by atoms with Crippen LogP contribution >= 0.6 is 0 Å². The van der Waals surface area contributed by atoms with Crippen molar-refractivity contribution in [1.29, 1.82) is 0 Å². The molecule has 0 aliphatic heterocycles. The van der Waals surface area contributed by atoms with Crippen molar-refractivity contribution in [1.82, 2.24) is 5.27 Å². The summed E-state index contributed by atoms with van der Waals surface area (Å²) in [6.07, 6.45) is 1.15. The third-order valence-corrected chi connectivity index (χ3v) is 3.72. The molecule has 0 aliphatic rings. The molecule has 1 N–H and O–H groups in total. The molecule has 3 aromatic rings. The second-order valence-corrected chi connectivity index (χ2v) is 5.77. The molecule has 9 nitrogen and oxygen atoms in total. The van der Waals surface area contributed by atoms with Crippen LogP contribution in [0.3, 0.4) is 0 Å². The lowest BCUT2D eigenvalue weighted by Gasteiger charge is -2.07. The van der Waals surface area contributed by atoms with Crippen molar-refractivity contribution in [2.75, 3.05) is 11.9 Å². The Morgan fingerprint density at radius 3 is 2.29 bits per heavy atom. The average molecular weight is 381 g/mol. The number of esters is 1. The molecule has 0 saturated carbocycles. The van der Waals surface area contributed by atoms with Gasteiger partial charge in [-0.2, -0.15) is 0 Å². The highest BCUT2D eigenvalue weighted by Crippen LogP contribution is 2.10. The molecule has 2 aromatic carbocycles. The van der Waals surface area contributed by atoms with Gasteiger partial charge in [-0.3, -0.25) is 9.59 Å². The predicted molar refractivity (Wildman–Crippen MR) is 92.8 cm³/mol. The molecule has 0 unspecified atom stereocenters. The fourth-order valence-corrected chi connectivity index (χ4v) is 2.30. The first-order valence-electron chi connectivity index (χ1n) is 8.16. The number of rotatable bonds is 6. The van der Waals surface area contributed by atoms with E-state index in [1.54, 1.807) is 36.4 Å². The molecule has 0 fully saturated rings. The predicted octanol–water partition coefficient (Wildman–Crippen LogP) is 1.02. The van der Waals surface area contributed by atoms with Crippen LogP contribution in [0.2, 0.25) is 0 Å². The fourth-order valence-electron chi connectivity index (χ4n) is 2.30. The summed E-state index contributed by atoms with van der Waals surface area (Å²) in [5.74, 6) is -1.86. The van der Waals surface area contributed by atoms with Crippen molar-refractivity contribution in [3.8, 4) is 11.6 Å². The quantitative estimate of drug-likeness (QED) is 0.384. The number of aromatic nitrogens is 2. The maximum atomic E-state index is 12.0. The molecule has 0 atom stereocenters. The van der Waals surface area contributed by atoms with Gasteiger partial charge in [0.05, 0.1) is 10.8 Å². The third kappa shape index (κ3) is 4.58. The van der Waals surface area contributed by atoms with E-state index in [1.165, 1.54) is 23.7 Å². The first-order chi connectivity index (χ1) is 13.4. The van der Waals surface area contributed by atoms with Gasteiger partial charge in [0, 0.05) is 23.4 Å². The zero-order valence-corrected chi connectivity index (χ0v) is 14.7. The number of benzene rings is 2. The first kappa shape index (κ1) is 18.8. The number of nitrogens with zero attached hydrogens (tertiary/aromatic N) is 2. The van der Waals surface area contributed by atoms with E-state index in [9.17, 15) is 19.5 Å². The summed E-state index contributed by atoms with van der Waals surface area (Å²) < 4.78 is 10.6. The number of hydrogen-bond donors (Lipinski definition) is 1. The van der Waals surface area contributed by atoms with E-state index in [4.69, 9.17) is 4.74 Å². The monoisotopic (exact) mass is 381 g/mol. The number of carbonyl (C=O) groups is 3. The molecule has 1 aromatic heterocycles. The minimum absolute atomic E-state index is 0.0757. The molecule has 0 radical (unpaired) electrons. The van der Waals surface area contributed by atoms with Gasteiger partial charge in [0.1, 0.15) is 5.95 Å². The lowest BCUT2D eigenvalue weighted by molar-refractivity contribution is -0.670. The van der Waals surface area contributed by atoms with E-state index in [-0.39, 0.29) is 11.3 Å². The van der Waals surface area contributed by atoms with Crippen LogP contribution in [0, 0.1) is 0 Å². The van der Waals surface area contributed by atoms with Crippen molar-refractivity contribution in [2.24, 2.45) is 0 Å². The summed E-state index contributed by atoms with van der Waals surface area (Å²) in [6, 6.07) is 12.4. The van der Waals surface area contributed by atoms with Gasteiger partial charge in [-0.05, 0) is 48.0 Å². The second-order valence-electron chi connectivity index (χ2n) is 5.77. The number of Topliss-reactive ketones (excluding diaryl/α,β-unsaturated/α-hetero) is 1. The Labute approximate surface area is 159 Å². The van der Waals surface area contributed by atoms with E-state index in [2.05, 4.69) is 15.1 Å². The Morgan fingerprint density at radius 2 is 1.71 bits per heavy atom. The molecular weight excluding hydrogens is 366 g/mol.